The van der Waals surface area contributed by atoms with Gasteiger partial charge >= 0.3 is 6.18 Å². The van der Waals surface area contributed by atoms with Crippen molar-refractivity contribution in [3.63, 3.8) is 0 Å². The Bertz CT molecular complexity index is 1880. The van der Waals surface area contributed by atoms with Crippen molar-refractivity contribution in [1.29, 1.82) is 0 Å². The lowest BCUT2D eigenvalue weighted by atomic mass is 9.89. The van der Waals surface area contributed by atoms with Crippen LogP contribution in [0.15, 0.2) is 87.0 Å². The van der Waals surface area contributed by atoms with Crippen LogP contribution in [0, 0.1) is 0 Å². The summed E-state index contributed by atoms with van der Waals surface area (Å²) in [5.41, 5.74) is 4.29. The third-order valence-corrected chi connectivity index (χ3v) is 10.9. The van der Waals surface area contributed by atoms with Crippen molar-refractivity contribution in [2.45, 2.75) is 88.4 Å². The van der Waals surface area contributed by atoms with Gasteiger partial charge in [0, 0.05) is 12.8 Å². The van der Waals surface area contributed by atoms with Crippen molar-refractivity contribution in [3.05, 3.63) is 107 Å². The maximum atomic E-state index is 14.7. The lowest BCUT2D eigenvalue weighted by Crippen LogP contribution is -2.32. The van der Waals surface area contributed by atoms with Gasteiger partial charge in [0.05, 0.1) is 16.3 Å². The molecule has 0 bridgehead atoms. The van der Waals surface area contributed by atoms with Crippen molar-refractivity contribution in [1.82, 2.24) is 4.31 Å². The van der Waals surface area contributed by atoms with E-state index in [4.69, 9.17) is 4.42 Å². The van der Waals surface area contributed by atoms with E-state index in [1.165, 1.54) is 6.07 Å². The van der Waals surface area contributed by atoms with E-state index in [1.807, 2.05) is 53.7 Å². The first-order valence-electron chi connectivity index (χ1n) is 15.0. The predicted molar refractivity (Wildman–Crippen MR) is 174 cm³/mol. The number of hydrogen-bond donors (Lipinski definition) is 0. The molecule has 0 aliphatic rings. The Morgan fingerprint density at radius 2 is 1.30 bits per heavy atom. The molecule has 0 aliphatic heterocycles. The highest BCUT2D eigenvalue weighted by molar-refractivity contribution is 7.90. The van der Waals surface area contributed by atoms with Crippen LogP contribution in [0.1, 0.15) is 93.1 Å². The molecule has 11 heteroatoms. The molecule has 0 N–H and O–H groups in total. The second-order valence-electron chi connectivity index (χ2n) is 12.5. The molecule has 4 aromatic rings. The fraction of sp³-hybridized carbons (Fsp3) is 0.371. The van der Waals surface area contributed by atoms with Crippen LogP contribution >= 0.6 is 0 Å². The van der Waals surface area contributed by atoms with Crippen LogP contribution in [0.25, 0.3) is 11.1 Å². The average Bonchev–Trinajstić information content (AvgIpc) is 3.45. The SMILES string of the molecule is CC(C)c1cc(C(C)C)c(S(=O)(=O)N(Cc2ccc(-c3cccc(S(C)(=O)=O)c3)cc2)Cc2ccc(C(F)(F)F)o2)c(C(C)C)c1. The van der Waals surface area contributed by atoms with E-state index in [-0.39, 0.29) is 39.8 Å². The Labute approximate surface area is 270 Å². The van der Waals surface area contributed by atoms with Crippen LogP contribution in [0.2, 0.25) is 0 Å². The highest BCUT2D eigenvalue weighted by Gasteiger charge is 2.36. The number of alkyl halides is 3. The van der Waals surface area contributed by atoms with Gasteiger partial charge in [-0.15, -0.1) is 0 Å². The van der Waals surface area contributed by atoms with Crippen LogP contribution in [-0.2, 0) is 39.1 Å². The zero-order valence-corrected chi connectivity index (χ0v) is 28.6. The summed E-state index contributed by atoms with van der Waals surface area (Å²) in [5.74, 6) is -1.48. The maximum Gasteiger partial charge on any atom is 0.449 e. The van der Waals surface area contributed by atoms with Crippen LogP contribution in [0.3, 0.4) is 0 Å². The summed E-state index contributed by atoms with van der Waals surface area (Å²) >= 11 is 0. The monoisotopic (exact) mass is 675 g/mol. The van der Waals surface area contributed by atoms with E-state index < -0.39 is 38.3 Å². The molecule has 0 unspecified atom stereocenters. The minimum atomic E-state index is -4.71. The molecule has 46 heavy (non-hydrogen) atoms. The zero-order chi connectivity index (χ0) is 34.2. The van der Waals surface area contributed by atoms with E-state index in [1.54, 1.807) is 42.5 Å². The fourth-order valence-electron chi connectivity index (χ4n) is 5.24. The quantitative estimate of drug-likeness (QED) is 0.158. The highest BCUT2D eigenvalue weighted by Crippen LogP contribution is 2.38. The van der Waals surface area contributed by atoms with Gasteiger partial charge in [0.2, 0.25) is 15.8 Å². The molecule has 4 rings (SSSR count). The van der Waals surface area contributed by atoms with Crippen LogP contribution in [0.5, 0.6) is 0 Å². The average molecular weight is 676 g/mol. The summed E-state index contributed by atoms with van der Waals surface area (Å²) in [6.07, 6.45) is -3.58. The summed E-state index contributed by atoms with van der Waals surface area (Å²) in [6.45, 7) is 11.2. The van der Waals surface area contributed by atoms with Gasteiger partial charge in [0.1, 0.15) is 5.76 Å². The number of halogens is 3. The molecule has 0 saturated carbocycles. The smallest absolute Gasteiger partial charge is 0.449 e. The number of furan rings is 1. The second kappa shape index (κ2) is 13.4. The third kappa shape index (κ3) is 7.93. The number of hydrogen-bond acceptors (Lipinski definition) is 5. The molecule has 1 aromatic heterocycles. The Balaban J connectivity index is 1.82. The molecule has 0 atom stereocenters. The largest absolute Gasteiger partial charge is 0.455 e. The Morgan fingerprint density at radius 3 is 1.78 bits per heavy atom. The Kier molecular flexibility index (Phi) is 10.3. The van der Waals surface area contributed by atoms with E-state index >= 15 is 0 Å². The maximum absolute atomic E-state index is 14.7. The summed E-state index contributed by atoms with van der Waals surface area (Å²) in [4.78, 5) is 0.340. The van der Waals surface area contributed by atoms with Gasteiger partial charge in [-0.05, 0) is 75.4 Å². The van der Waals surface area contributed by atoms with Crippen molar-refractivity contribution < 1.29 is 34.4 Å². The molecule has 0 saturated heterocycles. The highest BCUT2D eigenvalue weighted by atomic mass is 32.2. The molecule has 0 amide bonds. The number of rotatable bonds is 11. The van der Waals surface area contributed by atoms with E-state index in [0.717, 1.165) is 33.8 Å². The molecule has 0 spiro atoms. The van der Waals surface area contributed by atoms with Crippen LogP contribution < -0.4 is 0 Å². The Morgan fingerprint density at radius 1 is 0.717 bits per heavy atom. The summed E-state index contributed by atoms with van der Waals surface area (Å²) in [6, 6.07) is 19.3. The standard InChI is InChI=1S/C35H40F3NO5S2/c1-22(2)28-18-31(23(3)4)34(32(19-28)24(5)6)46(42,43)39(21-29-15-16-33(44-29)35(36,37)38)20-25-11-13-26(14-12-25)27-9-8-10-30(17-27)45(7,40)41/h8-19,22-24H,20-21H2,1-7H3. The van der Waals surface area contributed by atoms with Crippen molar-refractivity contribution in [2.24, 2.45) is 0 Å². The van der Waals surface area contributed by atoms with Crippen molar-refractivity contribution in [2.75, 3.05) is 6.26 Å². The van der Waals surface area contributed by atoms with Gasteiger partial charge < -0.3 is 4.42 Å². The van der Waals surface area contributed by atoms with Crippen LogP contribution in [-0.4, -0.2) is 27.4 Å². The lowest BCUT2D eigenvalue weighted by molar-refractivity contribution is -0.153. The van der Waals surface area contributed by atoms with Crippen molar-refractivity contribution in [3.8, 4) is 11.1 Å². The minimum Gasteiger partial charge on any atom is -0.455 e. The number of benzene rings is 3. The minimum absolute atomic E-state index is 0.138. The topological polar surface area (TPSA) is 84.7 Å². The predicted octanol–water partition coefficient (Wildman–Crippen LogP) is 9.13. The summed E-state index contributed by atoms with van der Waals surface area (Å²) in [7, 11) is -7.69. The molecule has 0 radical (unpaired) electrons. The van der Waals surface area contributed by atoms with Gasteiger partial charge in [-0.25, -0.2) is 16.8 Å². The number of sulfone groups is 1. The second-order valence-corrected chi connectivity index (χ2v) is 16.4. The van der Waals surface area contributed by atoms with Gasteiger partial charge in [-0.2, -0.15) is 17.5 Å². The molecular formula is C35H40F3NO5S2. The Hall–Kier alpha value is -3.41. The molecule has 6 nitrogen and oxygen atoms in total. The number of nitrogens with zero attached hydrogens (tertiary/aromatic N) is 1. The van der Waals surface area contributed by atoms with E-state index in [0.29, 0.717) is 22.3 Å². The normalized spacial score (nSPS) is 13.0. The van der Waals surface area contributed by atoms with Crippen molar-refractivity contribution >= 4 is 19.9 Å². The van der Waals surface area contributed by atoms with E-state index in [9.17, 15) is 30.0 Å². The first-order chi connectivity index (χ1) is 21.3. The molecule has 248 valence electrons. The van der Waals surface area contributed by atoms with Gasteiger partial charge in [-0.1, -0.05) is 90.1 Å². The number of sulfonamides is 1. The third-order valence-electron chi connectivity index (χ3n) is 7.86. The van der Waals surface area contributed by atoms with Gasteiger partial charge in [0.25, 0.3) is 0 Å². The van der Waals surface area contributed by atoms with Gasteiger partial charge in [-0.3, -0.25) is 0 Å². The molecule has 1 heterocycles. The first kappa shape index (κ1) is 35.4. The molecule has 0 fully saturated rings. The van der Waals surface area contributed by atoms with E-state index in [2.05, 4.69) is 0 Å². The van der Waals surface area contributed by atoms with Gasteiger partial charge in [0.15, 0.2) is 9.84 Å². The molecular weight excluding hydrogens is 636 g/mol. The lowest BCUT2D eigenvalue weighted by Gasteiger charge is -2.28. The summed E-state index contributed by atoms with van der Waals surface area (Å²) in [5, 5.41) is 0. The molecule has 3 aromatic carbocycles. The molecule has 0 aliphatic carbocycles. The van der Waals surface area contributed by atoms with Crippen LogP contribution in [0.4, 0.5) is 13.2 Å². The fourth-order valence-corrected chi connectivity index (χ4v) is 7.97. The first-order valence-corrected chi connectivity index (χ1v) is 18.4. The summed E-state index contributed by atoms with van der Waals surface area (Å²) < 4.78 is 99.9. The zero-order valence-electron chi connectivity index (χ0n) is 27.0.